The summed E-state index contributed by atoms with van der Waals surface area (Å²) in [5.74, 6) is -1.89. The minimum atomic E-state index is -3.87. The maximum atomic E-state index is 12.1. The number of phenols is 1. The maximum absolute atomic E-state index is 12.1. The Bertz CT molecular complexity index is 584. The number of carboxylic acids is 1. The molecular formula is C12H17NO6S. The molecule has 0 saturated carbocycles. The van der Waals surface area contributed by atoms with Crippen LogP contribution in [-0.4, -0.2) is 44.4 Å². The van der Waals surface area contributed by atoms with Crippen molar-refractivity contribution in [2.24, 2.45) is 0 Å². The normalized spacial score (nSPS) is 13.1. The van der Waals surface area contributed by atoms with Crippen LogP contribution >= 0.6 is 0 Å². The number of carbonyl (C=O) groups is 1. The average Bonchev–Trinajstić information content (AvgIpc) is 2.37. The third kappa shape index (κ3) is 3.92. The molecule has 8 heteroatoms. The van der Waals surface area contributed by atoms with E-state index in [2.05, 4.69) is 4.72 Å². The lowest BCUT2D eigenvalue weighted by Crippen LogP contribution is -2.37. The van der Waals surface area contributed by atoms with Crippen LogP contribution in [0.15, 0.2) is 23.1 Å². The topological polar surface area (TPSA) is 113 Å². The molecule has 0 aromatic heterocycles. The Labute approximate surface area is 117 Å². The molecule has 1 rings (SSSR count). The van der Waals surface area contributed by atoms with Crippen molar-refractivity contribution >= 4 is 16.0 Å². The first-order valence-electron chi connectivity index (χ1n) is 5.89. The van der Waals surface area contributed by atoms with Gasteiger partial charge in [-0.3, -0.25) is 0 Å². The molecule has 1 aromatic carbocycles. The standard InChI is InChI=1S/C12H17NO6S/c1-3-8(7-19-2)13-20(17,18)9-4-5-11(14)10(6-9)12(15)16/h4-6,8,13-14H,3,7H2,1-2H3,(H,15,16). The summed E-state index contributed by atoms with van der Waals surface area (Å²) < 4.78 is 31.6. The van der Waals surface area contributed by atoms with E-state index in [4.69, 9.17) is 9.84 Å². The van der Waals surface area contributed by atoms with Gasteiger partial charge in [0, 0.05) is 13.2 Å². The predicted molar refractivity (Wildman–Crippen MR) is 71.3 cm³/mol. The SMILES string of the molecule is CCC(COC)NS(=O)(=O)c1ccc(O)c(C(=O)O)c1. The highest BCUT2D eigenvalue weighted by molar-refractivity contribution is 7.89. The van der Waals surface area contributed by atoms with Crippen LogP contribution in [0.3, 0.4) is 0 Å². The summed E-state index contributed by atoms with van der Waals surface area (Å²) >= 11 is 0. The smallest absolute Gasteiger partial charge is 0.339 e. The van der Waals surface area contributed by atoms with Crippen LogP contribution in [0.1, 0.15) is 23.7 Å². The van der Waals surface area contributed by atoms with E-state index in [-0.39, 0.29) is 11.5 Å². The molecule has 0 radical (unpaired) electrons. The van der Waals surface area contributed by atoms with E-state index >= 15 is 0 Å². The fourth-order valence-electron chi connectivity index (χ4n) is 1.58. The van der Waals surface area contributed by atoms with E-state index in [0.29, 0.717) is 6.42 Å². The monoisotopic (exact) mass is 303 g/mol. The number of benzene rings is 1. The van der Waals surface area contributed by atoms with Crippen LogP contribution in [0.5, 0.6) is 5.75 Å². The van der Waals surface area contributed by atoms with Gasteiger partial charge in [-0.05, 0) is 24.6 Å². The van der Waals surface area contributed by atoms with Gasteiger partial charge in [0.1, 0.15) is 11.3 Å². The fourth-order valence-corrected chi connectivity index (χ4v) is 2.91. The van der Waals surface area contributed by atoms with Crippen LogP contribution in [-0.2, 0) is 14.8 Å². The molecule has 0 heterocycles. The Morgan fingerprint density at radius 3 is 2.60 bits per heavy atom. The van der Waals surface area contributed by atoms with Crippen LogP contribution in [0, 0.1) is 0 Å². The molecule has 0 amide bonds. The zero-order valence-corrected chi connectivity index (χ0v) is 12.0. The van der Waals surface area contributed by atoms with Crippen LogP contribution in [0.2, 0.25) is 0 Å². The molecule has 112 valence electrons. The highest BCUT2D eigenvalue weighted by Gasteiger charge is 2.21. The summed E-state index contributed by atoms with van der Waals surface area (Å²) in [5, 5.41) is 18.2. The second kappa shape index (κ2) is 6.69. The second-order valence-electron chi connectivity index (χ2n) is 4.17. The molecular weight excluding hydrogens is 286 g/mol. The van der Waals surface area contributed by atoms with Crippen molar-refractivity contribution in [3.63, 3.8) is 0 Å². The van der Waals surface area contributed by atoms with Crippen molar-refractivity contribution in [2.45, 2.75) is 24.3 Å². The molecule has 1 aromatic rings. The Hall–Kier alpha value is -1.64. The second-order valence-corrected chi connectivity index (χ2v) is 5.88. The number of methoxy groups -OCH3 is 1. The molecule has 0 aliphatic carbocycles. The maximum Gasteiger partial charge on any atom is 0.339 e. The highest BCUT2D eigenvalue weighted by Crippen LogP contribution is 2.21. The molecule has 7 nitrogen and oxygen atoms in total. The number of hydrogen-bond acceptors (Lipinski definition) is 5. The molecule has 3 N–H and O–H groups in total. The zero-order chi connectivity index (χ0) is 15.3. The molecule has 0 spiro atoms. The number of rotatable bonds is 7. The van der Waals surface area contributed by atoms with Gasteiger partial charge in [-0.25, -0.2) is 17.9 Å². The van der Waals surface area contributed by atoms with Gasteiger partial charge in [0.2, 0.25) is 10.0 Å². The van der Waals surface area contributed by atoms with Crippen LogP contribution in [0.25, 0.3) is 0 Å². The van der Waals surface area contributed by atoms with Gasteiger partial charge in [-0.2, -0.15) is 0 Å². The molecule has 1 unspecified atom stereocenters. The lowest BCUT2D eigenvalue weighted by atomic mass is 10.2. The number of ether oxygens (including phenoxy) is 1. The fraction of sp³-hybridized carbons (Fsp3) is 0.417. The van der Waals surface area contributed by atoms with Crippen molar-refractivity contribution in [3.05, 3.63) is 23.8 Å². The zero-order valence-electron chi connectivity index (χ0n) is 11.2. The quantitative estimate of drug-likeness (QED) is 0.686. The van der Waals surface area contributed by atoms with Crippen molar-refractivity contribution in [1.29, 1.82) is 0 Å². The van der Waals surface area contributed by atoms with Gasteiger partial charge in [0.05, 0.1) is 11.5 Å². The Morgan fingerprint density at radius 2 is 2.10 bits per heavy atom. The average molecular weight is 303 g/mol. The third-order valence-electron chi connectivity index (χ3n) is 2.69. The third-order valence-corrected chi connectivity index (χ3v) is 4.21. The van der Waals surface area contributed by atoms with Crippen LogP contribution < -0.4 is 4.72 Å². The van der Waals surface area contributed by atoms with Gasteiger partial charge in [0.15, 0.2) is 0 Å². The lowest BCUT2D eigenvalue weighted by molar-refractivity contribution is 0.0693. The number of carboxylic acid groups (broad SMARTS) is 1. The van der Waals surface area contributed by atoms with Crippen LogP contribution in [0.4, 0.5) is 0 Å². The van der Waals surface area contributed by atoms with E-state index in [1.807, 2.05) is 0 Å². The lowest BCUT2D eigenvalue weighted by Gasteiger charge is -2.16. The predicted octanol–water partition coefficient (Wildman–Crippen LogP) is 0.794. The number of sulfonamides is 1. The number of nitrogens with one attached hydrogen (secondary N) is 1. The van der Waals surface area contributed by atoms with E-state index in [9.17, 15) is 18.3 Å². The molecule has 0 bridgehead atoms. The Balaban J connectivity index is 3.09. The van der Waals surface area contributed by atoms with Crippen molar-refractivity contribution in [2.75, 3.05) is 13.7 Å². The summed E-state index contributed by atoms with van der Waals surface area (Å²) in [6, 6.07) is 2.69. The van der Waals surface area contributed by atoms with E-state index in [1.54, 1.807) is 6.92 Å². The summed E-state index contributed by atoms with van der Waals surface area (Å²) in [4.78, 5) is 10.7. The van der Waals surface area contributed by atoms with Gasteiger partial charge in [-0.15, -0.1) is 0 Å². The first-order valence-corrected chi connectivity index (χ1v) is 7.37. The Morgan fingerprint density at radius 1 is 1.45 bits per heavy atom. The van der Waals surface area contributed by atoms with E-state index in [0.717, 1.165) is 18.2 Å². The first-order chi connectivity index (χ1) is 9.31. The summed E-state index contributed by atoms with van der Waals surface area (Å²) in [7, 11) is -2.41. The molecule has 1 atom stereocenters. The minimum Gasteiger partial charge on any atom is -0.507 e. The molecule has 0 aliphatic heterocycles. The number of hydrogen-bond donors (Lipinski definition) is 3. The molecule has 0 fully saturated rings. The molecule has 0 saturated heterocycles. The van der Waals surface area contributed by atoms with Crippen molar-refractivity contribution in [1.82, 2.24) is 4.72 Å². The largest absolute Gasteiger partial charge is 0.507 e. The molecule has 0 aliphatic rings. The molecule has 20 heavy (non-hydrogen) atoms. The van der Waals surface area contributed by atoms with Gasteiger partial charge < -0.3 is 14.9 Å². The van der Waals surface area contributed by atoms with Gasteiger partial charge >= 0.3 is 5.97 Å². The van der Waals surface area contributed by atoms with E-state index < -0.39 is 33.3 Å². The van der Waals surface area contributed by atoms with Crippen molar-refractivity contribution in [3.8, 4) is 5.75 Å². The summed E-state index contributed by atoms with van der Waals surface area (Å²) in [5.41, 5.74) is -0.465. The Kier molecular flexibility index (Phi) is 5.49. The summed E-state index contributed by atoms with van der Waals surface area (Å²) in [6.07, 6.45) is 0.525. The van der Waals surface area contributed by atoms with Crippen molar-refractivity contribution < 1.29 is 28.2 Å². The number of aromatic hydroxyl groups is 1. The minimum absolute atomic E-state index is 0.208. The highest BCUT2D eigenvalue weighted by atomic mass is 32.2. The van der Waals surface area contributed by atoms with Gasteiger partial charge in [-0.1, -0.05) is 6.92 Å². The van der Waals surface area contributed by atoms with E-state index in [1.165, 1.54) is 7.11 Å². The van der Waals surface area contributed by atoms with Gasteiger partial charge in [0.25, 0.3) is 0 Å². The first kappa shape index (κ1) is 16.4. The summed E-state index contributed by atoms with van der Waals surface area (Å²) in [6.45, 7) is 2.01. The number of aromatic carboxylic acids is 1.